The second-order valence-corrected chi connectivity index (χ2v) is 5.02. The first kappa shape index (κ1) is 13.4. The van der Waals surface area contributed by atoms with Gasteiger partial charge in [-0.2, -0.15) is 0 Å². The number of hydrogen-bond donors (Lipinski definition) is 0. The summed E-state index contributed by atoms with van der Waals surface area (Å²) < 4.78 is 5.35. The lowest BCUT2D eigenvalue weighted by Gasteiger charge is -2.09. The number of nitrogens with zero attached hydrogens (tertiary/aromatic N) is 1. The van der Waals surface area contributed by atoms with Gasteiger partial charge >= 0.3 is 0 Å². The smallest absolute Gasteiger partial charge is 0.214 e. The van der Waals surface area contributed by atoms with Gasteiger partial charge in [-0.1, -0.05) is 60.2 Å². The van der Waals surface area contributed by atoms with Crippen molar-refractivity contribution in [2.24, 2.45) is 0 Å². The first-order chi connectivity index (χ1) is 10.3. The molecule has 0 radical (unpaired) electrons. The summed E-state index contributed by atoms with van der Waals surface area (Å²) in [5.74, 6) is 0.631. The van der Waals surface area contributed by atoms with Gasteiger partial charge in [0.15, 0.2) is 0 Å². The monoisotopic (exact) mass is 275 g/mol. The van der Waals surface area contributed by atoms with Crippen LogP contribution in [0.4, 0.5) is 0 Å². The lowest BCUT2D eigenvalue weighted by Crippen LogP contribution is -1.92. The highest BCUT2D eigenvalue weighted by Gasteiger charge is 2.07. The quantitative estimate of drug-likeness (QED) is 0.689. The predicted octanol–water partition coefficient (Wildman–Crippen LogP) is 4.73. The summed E-state index contributed by atoms with van der Waals surface area (Å²) in [6.07, 6.45) is 0. The standard InChI is InChI=1S/C19H17NO/c1-14-8-10-16(11-9-14)18-12-17(13-19(20-18)21-2)15-6-4-3-5-7-15/h3-13H,1-2H3. The Kier molecular flexibility index (Phi) is 3.69. The molecular weight excluding hydrogens is 258 g/mol. The van der Waals surface area contributed by atoms with Gasteiger partial charge in [-0.15, -0.1) is 0 Å². The van der Waals surface area contributed by atoms with Crippen LogP contribution in [0.1, 0.15) is 5.56 Å². The first-order valence-corrected chi connectivity index (χ1v) is 6.95. The Morgan fingerprint density at radius 3 is 2.14 bits per heavy atom. The molecule has 3 rings (SSSR count). The van der Waals surface area contributed by atoms with Gasteiger partial charge in [0.25, 0.3) is 0 Å². The van der Waals surface area contributed by atoms with E-state index in [0.717, 1.165) is 22.4 Å². The molecule has 0 amide bonds. The van der Waals surface area contributed by atoms with E-state index < -0.39 is 0 Å². The molecule has 0 aliphatic carbocycles. The maximum absolute atomic E-state index is 5.35. The molecule has 0 atom stereocenters. The van der Waals surface area contributed by atoms with E-state index in [0.29, 0.717) is 5.88 Å². The van der Waals surface area contributed by atoms with Crippen molar-refractivity contribution < 1.29 is 4.74 Å². The number of methoxy groups -OCH3 is 1. The van der Waals surface area contributed by atoms with E-state index in [1.54, 1.807) is 7.11 Å². The fourth-order valence-electron chi connectivity index (χ4n) is 2.28. The number of ether oxygens (including phenoxy) is 1. The molecule has 3 aromatic rings. The van der Waals surface area contributed by atoms with Crippen LogP contribution in [0.5, 0.6) is 5.88 Å². The summed E-state index contributed by atoms with van der Waals surface area (Å²) in [6.45, 7) is 2.08. The SMILES string of the molecule is COc1cc(-c2ccccc2)cc(-c2ccc(C)cc2)n1. The zero-order chi connectivity index (χ0) is 14.7. The number of aryl methyl sites for hydroxylation is 1. The van der Waals surface area contributed by atoms with Crippen LogP contribution >= 0.6 is 0 Å². The minimum atomic E-state index is 0.631. The van der Waals surface area contributed by atoms with Gasteiger partial charge in [0.1, 0.15) is 0 Å². The minimum Gasteiger partial charge on any atom is -0.481 e. The molecule has 104 valence electrons. The summed E-state index contributed by atoms with van der Waals surface area (Å²) in [4.78, 5) is 4.56. The number of pyridine rings is 1. The van der Waals surface area contributed by atoms with Gasteiger partial charge in [-0.25, -0.2) is 4.98 Å². The van der Waals surface area contributed by atoms with Crippen molar-refractivity contribution in [2.45, 2.75) is 6.92 Å². The van der Waals surface area contributed by atoms with Crippen LogP contribution in [0.2, 0.25) is 0 Å². The zero-order valence-corrected chi connectivity index (χ0v) is 12.2. The van der Waals surface area contributed by atoms with Crippen LogP contribution in [0.25, 0.3) is 22.4 Å². The largest absolute Gasteiger partial charge is 0.481 e. The van der Waals surface area contributed by atoms with Crippen LogP contribution in [-0.4, -0.2) is 12.1 Å². The van der Waals surface area contributed by atoms with Gasteiger partial charge in [0.2, 0.25) is 5.88 Å². The van der Waals surface area contributed by atoms with E-state index in [9.17, 15) is 0 Å². The molecule has 0 aliphatic heterocycles. The summed E-state index contributed by atoms with van der Waals surface area (Å²) in [7, 11) is 1.65. The number of rotatable bonds is 3. The van der Waals surface area contributed by atoms with Gasteiger partial charge < -0.3 is 4.74 Å². The Balaban J connectivity index is 2.11. The second kappa shape index (κ2) is 5.80. The van der Waals surface area contributed by atoms with Crippen LogP contribution in [0, 0.1) is 6.92 Å². The van der Waals surface area contributed by atoms with E-state index in [-0.39, 0.29) is 0 Å². The summed E-state index contributed by atoms with van der Waals surface area (Å²) >= 11 is 0. The molecule has 2 nitrogen and oxygen atoms in total. The van der Waals surface area contributed by atoms with Crippen molar-refractivity contribution in [3.63, 3.8) is 0 Å². The highest BCUT2D eigenvalue weighted by molar-refractivity contribution is 5.71. The van der Waals surface area contributed by atoms with Crippen molar-refractivity contribution >= 4 is 0 Å². The molecule has 1 aromatic heterocycles. The molecule has 0 aliphatic rings. The van der Waals surface area contributed by atoms with E-state index in [2.05, 4.69) is 54.4 Å². The van der Waals surface area contributed by atoms with Crippen LogP contribution < -0.4 is 4.74 Å². The molecule has 0 unspecified atom stereocenters. The fourth-order valence-corrected chi connectivity index (χ4v) is 2.28. The maximum Gasteiger partial charge on any atom is 0.214 e. The summed E-state index contributed by atoms with van der Waals surface area (Å²) in [6, 6.07) is 22.7. The topological polar surface area (TPSA) is 22.1 Å². The highest BCUT2D eigenvalue weighted by atomic mass is 16.5. The number of benzene rings is 2. The molecular formula is C19H17NO. The summed E-state index contributed by atoms with van der Waals surface area (Å²) in [5, 5.41) is 0. The third-order valence-corrected chi connectivity index (χ3v) is 3.47. The van der Waals surface area contributed by atoms with E-state index in [4.69, 9.17) is 4.74 Å². The Hall–Kier alpha value is -2.61. The van der Waals surface area contributed by atoms with Crippen LogP contribution in [0.15, 0.2) is 66.7 Å². The molecule has 0 fully saturated rings. The minimum absolute atomic E-state index is 0.631. The van der Waals surface area contributed by atoms with Crippen LogP contribution in [-0.2, 0) is 0 Å². The van der Waals surface area contributed by atoms with E-state index >= 15 is 0 Å². The molecule has 0 spiro atoms. The van der Waals surface area contributed by atoms with Crippen molar-refractivity contribution in [1.29, 1.82) is 0 Å². The van der Waals surface area contributed by atoms with E-state index in [1.807, 2.05) is 24.3 Å². The fraction of sp³-hybridized carbons (Fsp3) is 0.105. The van der Waals surface area contributed by atoms with Crippen molar-refractivity contribution in [3.8, 4) is 28.3 Å². The molecule has 1 heterocycles. The van der Waals surface area contributed by atoms with Gasteiger partial charge in [-0.3, -0.25) is 0 Å². The Bertz CT molecular complexity index is 733. The van der Waals surface area contributed by atoms with Crippen LogP contribution in [0.3, 0.4) is 0 Å². The Labute approximate surface area is 125 Å². The summed E-state index contributed by atoms with van der Waals surface area (Å²) in [5.41, 5.74) is 5.53. The van der Waals surface area contributed by atoms with Crippen molar-refractivity contribution in [2.75, 3.05) is 7.11 Å². The third-order valence-electron chi connectivity index (χ3n) is 3.47. The molecule has 2 heteroatoms. The first-order valence-electron chi connectivity index (χ1n) is 6.95. The number of hydrogen-bond acceptors (Lipinski definition) is 2. The Morgan fingerprint density at radius 1 is 0.762 bits per heavy atom. The van der Waals surface area contributed by atoms with Crippen molar-refractivity contribution in [1.82, 2.24) is 4.98 Å². The van der Waals surface area contributed by atoms with Gasteiger partial charge in [-0.05, 0) is 24.1 Å². The maximum atomic E-state index is 5.35. The third kappa shape index (κ3) is 2.95. The predicted molar refractivity (Wildman–Crippen MR) is 86.4 cm³/mol. The highest BCUT2D eigenvalue weighted by Crippen LogP contribution is 2.28. The molecule has 2 aromatic carbocycles. The Morgan fingerprint density at radius 2 is 1.48 bits per heavy atom. The average molecular weight is 275 g/mol. The average Bonchev–Trinajstić information content (AvgIpc) is 2.56. The van der Waals surface area contributed by atoms with Gasteiger partial charge in [0, 0.05) is 11.6 Å². The molecule has 0 N–H and O–H groups in total. The molecule has 21 heavy (non-hydrogen) atoms. The lowest BCUT2D eigenvalue weighted by molar-refractivity contribution is 0.398. The molecule has 0 saturated carbocycles. The number of aromatic nitrogens is 1. The molecule has 0 saturated heterocycles. The van der Waals surface area contributed by atoms with E-state index in [1.165, 1.54) is 5.56 Å². The van der Waals surface area contributed by atoms with Crippen molar-refractivity contribution in [3.05, 3.63) is 72.3 Å². The zero-order valence-electron chi connectivity index (χ0n) is 12.2. The normalized spacial score (nSPS) is 10.4. The van der Waals surface area contributed by atoms with Gasteiger partial charge in [0.05, 0.1) is 12.8 Å². The molecule has 0 bridgehead atoms. The lowest BCUT2D eigenvalue weighted by atomic mass is 10.0. The second-order valence-electron chi connectivity index (χ2n) is 5.02.